The Hall–Kier alpha value is -1.40. The van der Waals surface area contributed by atoms with E-state index in [1.807, 2.05) is 22.5 Å². The lowest BCUT2D eigenvalue weighted by Crippen LogP contribution is -2.44. The Bertz CT molecular complexity index is 1170. The van der Waals surface area contributed by atoms with Crippen molar-refractivity contribution in [2.24, 2.45) is 0 Å². The van der Waals surface area contributed by atoms with Crippen LogP contribution in [-0.2, 0) is 27.3 Å². The monoisotopic (exact) mass is 493 g/mol. The fourth-order valence-electron chi connectivity index (χ4n) is 4.21. The highest BCUT2D eigenvalue weighted by Crippen LogP contribution is 2.42. The zero-order valence-electron chi connectivity index (χ0n) is 18.7. The fourth-order valence-corrected chi connectivity index (χ4v) is 6.89. The average molecular weight is 494 g/mol. The molecule has 2 aliphatic rings. The normalized spacial score (nSPS) is 22.4. The molecule has 1 amide bonds. The molecule has 0 saturated carbocycles. The third-order valence-electron chi connectivity index (χ3n) is 6.30. The van der Waals surface area contributed by atoms with Crippen LogP contribution in [0.5, 0.6) is 0 Å². The summed E-state index contributed by atoms with van der Waals surface area (Å²) in [6, 6.07) is 0. The smallest absolute Gasteiger partial charge is 0.236 e. The summed E-state index contributed by atoms with van der Waals surface area (Å²) in [5.41, 5.74) is 1.94. The van der Waals surface area contributed by atoms with Crippen molar-refractivity contribution in [3.63, 3.8) is 0 Å². The van der Waals surface area contributed by atoms with Gasteiger partial charge in [-0.25, -0.2) is 9.38 Å². The summed E-state index contributed by atoms with van der Waals surface area (Å²) in [7, 11) is 0. The lowest BCUT2D eigenvalue weighted by atomic mass is 9.90. The van der Waals surface area contributed by atoms with Gasteiger partial charge in [-0.2, -0.15) is 0 Å². The highest BCUT2D eigenvalue weighted by Gasteiger charge is 2.34. The molecule has 5 rings (SSSR count). The summed E-state index contributed by atoms with van der Waals surface area (Å²) in [6.07, 6.45) is 3.80. The third-order valence-corrected chi connectivity index (χ3v) is 9.07. The van der Waals surface area contributed by atoms with Crippen LogP contribution in [0, 0.1) is 0 Å². The van der Waals surface area contributed by atoms with Gasteiger partial charge in [-0.15, -0.1) is 21.5 Å². The summed E-state index contributed by atoms with van der Waals surface area (Å²) in [4.78, 5) is 22.0. The van der Waals surface area contributed by atoms with E-state index < -0.39 is 0 Å². The first-order valence-electron chi connectivity index (χ1n) is 10.8. The number of rotatable bonds is 5. The van der Waals surface area contributed by atoms with E-state index >= 15 is 0 Å². The van der Waals surface area contributed by atoms with Gasteiger partial charge in [0, 0.05) is 24.4 Å². The van der Waals surface area contributed by atoms with E-state index in [9.17, 15) is 4.79 Å². The van der Waals surface area contributed by atoms with Gasteiger partial charge in [0.25, 0.3) is 0 Å². The number of hydrogen-bond acceptors (Lipinski definition) is 9. The molecule has 1 fully saturated rings. The van der Waals surface area contributed by atoms with Gasteiger partial charge in [-0.1, -0.05) is 30.4 Å². The third kappa shape index (κ3) is 3.81. The van der Waals surface area contributed by atoms with Crippen molar-refractivity contribution in [2.45, 2.75) is 61.4 Å². The van der Waals surface area contributed by atoms with Gasteiger partial charge in [-0.05, 0) is 32.1 Å². The Balaban J connectivity index is 1.55. The highest BCUT2D eigenvalue weighted by molar-refractivity contribution is 8.00. The van der Waals surface area contributed by atoms with Crippen molar-refractivity contribution in [3.05, 3.63) is 10.4 Å². The molecule has 0 radical (unpaired) electrons. The average Bonchev–Trinajstić information content (AvgIpc) is 3.39. The molecule has 2 atom stereocenters. The Morgan fingerprint density at radius 2 is 2.06 bits per heavy atom. The molecule has 2 aliphatic heterocycles. The Morgan fingerprint density at radius 1 is 1.28 bits per heavy atom. The zero-order chi connectivity index (χ0) is 22.5. The predicted octanol–water partition coefficient (Wildman–Crippen LogP) is 3.64. The van der Waals surface area contributed by atoms with Crippen molar-refractivity contribution < 1.29 is 14.3 Å². The topological polar surface area (TPSA) is 81.9 Å². The van der Waals surface area contributed by atoms with E-state index in [0.717, 1.165) is 33.9 Å². The Morgan fingerprint density at radius 3 is 2.78 bits per heavy atom. The molecule has 8 nitrogen and oxygen atoms in total. The number of thioether (sulfide) groups is 2. The molecule has 11 heteroatoms. The number of fused-ring (bicyclic) bond motifs is 5. The van der Waals surface area contributed by atoms with Gasteiger partial charge in [0.15, 0.2) is 16.0 Å². The number of ether oxygens (including phenoxy) is 2. The number of carbonyl (C=O) groups excluding carboxylic acids is 1. The molecule has 0 N–H and O–H groups in total. The number of morpholine rings is 1. The second-order valence-electron chi connectivity index (χ2n) is 8.39. The summed E-state index contributed by atoms with van der Waals surface area (Å²) in [6.45, 7) is 9.36. The molecule has 5 heterocycles. The first-order chi connectivity index (χ1) is 15.4. The number of amides is 1. The van der Waals surface area contributed by atoms with Gasteiger partial charge in [0.05, 0.1) is 36.1 Å². The quantitative estimate of drug-likeness (QED) is 0.394. The van der Waals surface area contributed by atoms with Crippen molar-refractivity contribution >= 4 is 56.6 Å². The highest BCUT2D eigenvalue weighted by atomic mass is 32.2. The van der Waals surface area contributed by atoms with E-state index in [4.69, 9.17) is 14.5 Å². The van der Waals surface area contributed by atoms with Gasteiger partial charge in [-0.3, -0.25) is 4.79 Å². The van der Waals surface area contributed by atoms with Crippen LogP contribution in [0.1, 0.15) is 37.6 Å². The molecular weight excluding hydrogens is 466 g/mol. The van der Waals surface area contributed by atoms with E-state index in [1.54, 1.807) is 23.1 Å². The fraction of sp³-hybridized carbons (Fsp3) is 0.619. The van der Waals surface area contributed by atoms with E-state index in [0.29, 0.717) is 38.1 Å². The molecular formula is C21H27N5O3S3. The first kappa shape index (κ1) is 22.4. The molecule has 0 spiro atoms. The van der Waals surface area contributed by atoms with Gasteiger partial charge < -0.3 is 14.4 Å². The van der Waals surface area contributed by atoms with Crippen LogP contribution < -0.4 is 0 Å². The molecule has 3 aromatic heterocycles. The zero-order valence-corrected chi connectivity index (χ0v) is 21.2. The van der Waals surface area contributed by atoms with Crippen LogP contribution in [0.25, 0.3) is 15.9 Å². The number of aromatic nitrogens is 4. The standard InChI is InChI=1S/C21H27N5O3S3/c1-5-21(3)10-13-14(11-29-21)32-17-15(13)16-23-24-20(26(16)19(22-17)30-4)31-12(2)18(27)25-6-8-28-9-7-25/h12H,5-11H2,1-4H3/t12-,21+/m1/s1. The Labute approximate surface area is 199 Å². The van der Waals surface area contributed by atoms with Crippen molar-refractivity contribution in [3.8, 4) is 0 Å². The number of carbonyl (C=O) groups is 1. The van der Waals surface area contributed by atoms with Crippen LogP contribution in [0.3, 0.4) is 0 Å². The number of thiophene rings is 1. The Kier molecular flexibility index (Phi) is 6.12. The predicted molar refractivity (Wildman–Crippen MR) is 128 cm³/mol. The van der Waals surface area contributed by atoms with Crippen LogP contribution in [0.2, 0.25) is 0 Å². The van der Waals surface area contributed by atoms with Crippen molar-refractivity contribution in [2.75, 3.05) is 32.6 Å². The summed E-state index contributed by atoms with van der Waals surface area (Å²) < 4.78 is 13.6. The minimum atomic E-state index is -0.265. The van der Waals surface area contributed by atoms with E-state index in [-0.39, 0.29) is 16.8 Å². The number of nitrogens with zero attached hydrogens (tertiary/aromatic N) is 5. The molecule has 0 aromatic carbocycles. The summed E-state index contributed by atoms with van der Waals surface area (Å²) in [5.74, 6) is 0.110. The maximum atomic E-state index is 12.9. The maximum absolute atomic E-state index is 12.9. The van der Waals surface area contributed by atoms with Gasteiger partial charge in [0.2, 0.25) is 5.91 Å². The van der Waals surface area contributed by atoms with Crippen LogP contribution in [-0.4, -0.2) is 73.8 Å². The van der Waals surface area contributed by atoms with Gasteiger partial charge >= 0.3 is 0 Å². The minimum Gasteiger partial charge on any atom is -0.378 e. The molecule has 3 aromatic rings. The summed E-state index contributed by atoms with van der Waals surface area (Å²) in [5, 5.41) is 11.5. The van der Waals surface area contributed by atoms with Crippen LogP contribution >= 0.6 is 34.9 Å². The lowest BCUT2D eigenvalue weighted by molar-refractivity contribution is -0.134. The van der Waals surface area contributed by atoms with Crippen LogP contribution in [0.4, 0.5) is 0 Å². The molecule has 172 valence electrons. The lowest BCUT2D eigenvalue weighted by Gasteiger charge is -2.33. The van der Waals surface area contributed by atoms with Crippen molar-refractivity contribution in [1.82, 2.24) is 24.5 Å². The summed E-state index contributed by atoms with van der Waals surface area (Å²) >= 11 is 4.71. The van der Waals surface area contributed by atoms with E-state index in [2.05, 4.69) is 24.0 Å². The first-order valence-corrected chi connectivity index (χ1v) is 13.8. The second-order valence-corrected chi connectivity index (χ2v) is 11.6. The van der Waals surface area contributed by atoms with Gasteiger partial charge in [0.1, 0.15) is 4.83 Å². The molecule has 32 heavy (non-hydrogen) atoms. The minimum absolute atomic E-state index is 0.110. The van der Waals surface area contributed by atoms with Crippen molar-refractivity contribution in [1.29, 1.82) is 0 Å². The largest absolute Gasteiger partial charge is 0.378 e. The molecule has 0 bridgehead atoms. The van der Waals surface area contributed by atoms with E-state index in [1.165, 1.54) is 22.2 Å². The number of hydrogen-bond donors (Lipinski definition) is 0. The molecule has 0 aliphatic carbocycles. The van der Waals surface area contributed by atoms with Crippen LogP contribution in [0.15, 0.2) is 10.3 Å². The molecule has 1 saturated heterocycles. The molecule has 0 unspecified atom stereocenters. The SMILES string of the molecule is CC[C@@]1(C)Cc2c(sc3nc(SC)n4c(S[C@H](C)C(=O)N5CCOCC5)nnc4c23)CO1. The maximum Gasteiger partial charge on any atom is 0.236 e. The second kappa shape index (κ2) is 8.75.